The van der Waals surface area contributed by atoms with E-state index in [1.54, 1.807) is 48.7 Å². The summed E-state index contributed by atoms with van der Waals surface area (Å²) in [5.41, 5.74) is 3.10. The van der Waals surface area contributed by atoms with Gasteiger partial charge >= 0.3 is 0 Å². The van der Waals surface area contributed by atoms with E-state index in [0.717, 1.165) is 11.4 Å². The first-order valence-corrected chi connectivity index (χ1v) is 9.18. The van der Waals surface area contributed by atoms with Gasteiger partial charge in [-0.3, -0.25) is 14.6 Å². The highest BCUT2D eigenvalue weighted by molar-refractivity contribution is 6.03. The average molecular weight is 390 g/mol. The normalized spacial score (nSPS) is 10.1. The number of amides is 2. The Morgan fingerprint density at radius 3 is 2.34 bits per heavy atom. The quantitative estimate of drug-likeness (QED) is 0.555. The Bertz CT molecular complexity index is 1000. The predicted molar refractivity (Wildman–Crippen MR) is 114 cm³/mol. The number of benzene rings is 2. The highest BCUT2D eigenvalue weighted by Gasteiger charge is 2.09. The Hall–Kier alpha value is -3.87. The summed E-state index contributed by atoms with van der Waals surface area (Å²) in [6, 6.07) is 17.9. The molecule has 29 heavy (non-hydrogen) atoms. The van der Waals surface area contributed by atoms with Gasteiger partial charge in [-0.05, 0) is 61.5 Å². The van der Waals surface area contributed by atoms with Gasteiger partial charge < -0.3 is 20.7 Å². The van der Waals surface area contributed by atoms with Crippen molar-refractivity contribution < 1.29 is 14.3 Å². The fourth-order valence-corrected chi connectivity index (χ4v) is 2.67. The maximum Gasteiger partial charge on any atom is 0.274 e. The maximum absolute atomic E-state index is 12.5. The summed E-state index contributed by atoms with van der Waals surface area (Å²) in [6.07, 6.45) is 1.56. The van der Waals surface area contributed by atoms with Crippen molar-refractivity contribution in [3.8, 4) is 5.75 Å². The second-order valence-corrected chi connectivity index (χ2v) is 6.23. The molecule has 2 aromatic carbocycles. The molecule has 0 aliphatic carbocycles. The summed E-state index contributed by atoms with van der Waals surface area (Å²) in [6.45, 7) is 3.96. The summed E-state index contributed by atoms with van der Waals surface area (Å²) in [5.74, 6) is 0.292. The minimum absolute atomic E-state index is 0.140. The van der Waals surface area contributed by atoms with Gasteiger partial charge in [0.15, 0.2) is 0 Å². The first-order chi connectivity index (χ1) is 14.0. The highest BCUT2D eigenvalue weighted by atomic mass is 16.5. The van der Waals surface area contributed by atoms with Crippen LogP contribution in [0.25, 0.3) is 0 Å². The van der Waals surface area contributed by atoms with Crippen molar-refractivity contribution in [1.82, 2.24) is 4.98 Å². The number of rotatable bonds is 7. The van der Waals surface area contributed by atoms with E-state index >= 15 is 0 Å². The molecule has 7 heteroatoms. The van der Waals surface area contributed by atoms with Gasteiger partial charge in [0.25, 0.3) is 5.91 Å². The van der Waals surface area contributed by atoms with Crippen LogP contribution in [0.15, 0.2) is 66.9 Å². The molecule has 3 rings (SSSR count). The minimum atomic E-state index is -0.315. The molecule has 1 aromatic heterocycles. The van der Waals surface area contributed by atoms with Crippen LogP contribution in [0.4, 0.5) is 22.7 Å². The number of aromatic nitrogens is 1. The number of pyridine rings is 1. The van der Waals surface area contributed by atoms with Crippen LogP contribution in [0, 0.1) is 0 Å². The Balaban J connectivity index is 1.68. The predicted octanol–water partition coefficient (Wildman–Crippen LogP) is 4.43. The molecule has 2 amide bonds. The molecule has 0 radical (unpaired) electrons. The average Bonchev–Trinajstić information content (AvgIpc) is 2.70. The molecule has 3 N–H and O–H groups in total. The lowest BCUT2D eigenvalue weighted by Gasteiger charge is -2.10. The van der Waals surface area contributed by atoms with E-state index in [0.29, 0.717) is 23.7 Å². The van der Waals surface area contributed by atoms with Gasteiger partial charge in [-0.2, -0.15) is 0 Å². The summed E-state index contributed by atoms with van der Waals surface area (Å²) in [5, 5.41) is 8.76. The second-order valence-electron chi connectivity index (χ2n) is 6.23. The van der Waals surface area contributed by atoms with Crippen LogP contribution in [-0.4, -0.2) is 23.4 Å². The Morgan fingerprint density at radius 1 is 0.897 bits per heavy atom. The number of hydrogen-bond acceptors (Lipinski definition) is 5. The van der Waals surface area contributed by atoms with Gasteiger partial charge in [0, 0.05) is 35.9 Å². The third-order valence-corrected chi connectivity index (χ3v) is 3.89. The Morgan fingerprint density at radius 2 is 1.62 bits per heavy atom. The molecule has 148 valence electrons. The zero-order valence-corrected chi connectivity index (χ0v) is 16.2. The van der Waals surface area contributed by atoms with Crippen LogP contribution >= 0.6 is 0 Å². The lowest BCUT2D eigenvalue weighted by Crippen LogP contribution is -2.13. The van der Waals surface area contributed by atoms with Crippen molar-refractivity contribution >= 4 is 34.6 Å². The smallest absolute Gasteiger partial charge is 0.274 e. The third-order valence-electron chi connectivity index (χ3n) is 3.89. The lowest BCUT2D eigenvalue weighted by molar-refractivity contribution is -0.114. The van der Waals surface area contributed by atoms with Crippen LogP contribution in [0.2, 0.25) is 0 Å². The van der Waals surface area contributed by atoms with Gasteiger partial charge in [0.05, 0.1) is 6.61 Å². The van der Waals surface area contributed by atoms with Crippen molar-refractivity contribution in [2.24, 2.45) is 0 Å². The number of carbonyl (C=O) groups excluding carboxylic acids is 2. The van der Waals surface area contributed by atoms with Crippen LogP contribution in [0.1, 0.15) is 24.3 Å². The molecule has 7 nitrogen and oxygen atoms in total. The number of anilines is 4. The molecule has 0 fully saturated rings. The van der Waals surface area contributed by atoms with E-state index in [1.807, 2.05) is 25.1 Å². The van der Waals surface area contributed by atoms with Gasteiger partial charge in [-0.25, -0.2) is 0 Å². The molecular formula is C22H22N4O3. The number of ether oxygens (including phenoxy) is 1. The van der Waals surface area contributed by atoms with Gasteiger partial charge in [0.2, 0.25) is 5.91 Å². The summed E-state index contributed by atoms with van der Waals surface area (Å²) >= 11 is 0. The minimum Gasteiger partial charge on any atom is -0.494 e. The zero-order valence-electron chi connectivity index (χ0n) is 16.2. The molecule has 1 heterocycles. The Kier molecular flexibility index (Phi) is 6.42. The maximum atomic E-state index is 12.5. The van der Waals surface area contributed by atoms with Crippen LogP contribution in [0.5, 0.6) is 5.75 Å². The molecule has 0 bridgehead atoms. The molecule has 0 atom stereocenters. The third kappa shape index (κ3) is 5.80. The molecule has 0 aliphatic rings. The Labute approximate surface area is 169 Å². The van der Waals surface area contributed by atoms with Crippen LogP contribution in [-0.2, 0) is 4.79 Å². The topological polar surface area (TPSA) is 92.4 Å². The van der Waals surface area contributed by atoms with E-state index in [1.165, 1.54) is 6.92 Å². The molecule has 3 aromatic rings. The monoisotopic (exact) mass is 390 g/mol. The molecule has 0 unspecified atom stereocenters. The molecule has 0 saturated carbocycles. The van der Waals surface area contributed by atoms with E-state index in [-0.39, 0.29) is 17.5 Å². The first-order valence-electron chi connectivity index (χ1n) is 9.18. The van der Waals surface area contributed by atoms with Gasteiger partial charge in [0.1, 0.15) is 11.4 Å². The second kappa shape index (κ2) is 9.36. The van der Waals surface area contributed by atoms with Crippen LogP contribution < -0.4 is 20.7 Å². The van der Waals surface area contributed by atoms with E-state index in [4.69, 9.17) is 4.74 Å². The fourth-order valence-electron chi connectivity index (χ4n) is 2.67. The summed E-state index contributed by atoms with van der Waals surface area (Å²) < 4.78 is 5.40. The van der Waals surface area contributed by atoms with Crippen molar-refractivity contribution in [3.05, 3.63) is 72.6 Å². The van der Waals surface area contributed by atoms with E-state index < -0.39 is 0 Å². The number of nitrogens with zero attached hydrogens (tertiary/aromatic N) is 1. The van der Waals surface area contributed by atoms with Crippen LogP contribution in [0.3, 0.4) is 0 Å². The van der Waals surface area contributed by atoms with Crippen molar-refractivity contribution in [2.45, 2.75) is 13.8 Å². The summed E-state index contributed by atoms with van der Waals surface area (Å²) in [4.78, 5) is 27.9. The van der Waals surface area contributed by atoms with Crippen molar-refractivity contribution in [3.63, 3.8) is 0 Å². The molecular weight excluding hydrogens is 368 g/mol. The summed E-state index contributed by atoms with van der Waals surface area (Å²) in [7, 11) is 0. The first kappa shape index (κ1) is 19.9. The number of hydrogen-bond donors (Lipinski definition) is 3. The molecule has 0 aliphatic heterocycles. The number of nitrogens with one attached hydrogen (secondary N) is 3. The van der Waals surface area contributed by atoms with E-state index in [9.17, 15) is 9.59 Å². The molecule has 0 saturated heterocycles. The standard InChI is InChI=1S/C22H22N4O3/c1-3-29-20-9-7-16(8-10-20)26-22(28)21-14-19(11-12-23-21)25-18-6-4-5-17(13-18)24-15(2)27/h4-14H,3H2,1-2H3,(H,23,25)(H,24,27)(H,26,28). The lowest BCUT2D eigenvalue weighted by atomic mass is 10.2. The largest absolute Gasteiger partial charge is 0.494 e. The SMILES string of the molecule is CCOc1ccc(NC(=O)c2cc(Nc3cccc(NC(C)=O)c3)ccn2)cc1. The highest BCUT2D eigenvalue weighted by Crippen LogP contribution is 2.21. The van der Waals surface area contributed by atoms with Gasteiger partial charge in [-0.15, -0.1) is 0 Å². The number of carbonyl (C=O) groups is 2. The fraction of sp³-hybridized carbons (Fsp3) is 0.136. The van der Waals surface area contributed by atoms with Gasteiger partial charge in [-0.1, -0.05) is 6.07 Å². The van der Waals surface area contributed by atoms with E-state index in [2.05, 4.69) is 20.9 Å². The van der Waals surface area contributed by atoms with Crippen molar-refractivity contribution in [2.75, 3.05) is 22.6 Å². The molecule has 0 spiro atoms. The van der Waals surface area contributed by atoms with Crippen molar-refractivity contribution in [1.29, 1.82) is 0 Å². The zero-order chi connectivity index (χ0) is 20.6.